The van der Waals surface area contributed by atoms with E-state index in [1.807, 2.05) is 38.5 Å². The number of nitrogens with one attached hydrogen (secondary N) is 1. The molecule has 1 aromatic heterocycles. The summed E-state index contributed by atoms with van der Waals surface area (Å²) in [5.74, 6) is -0.572. The highest BCUT2D eigenvalue weighted by atomic mass is 19.1. The molecule has 0 aliphatic carbocycles. The third kappa shape index (κ3) is 2.52. The lowest BCUT2D eigenvalue weighted by molar-refractivity contribution is 0.102. The molecule has 0 fully saturated rings. The number of hydrogen-bond acceptors (Lipinski definition) is 1. The van der Waals surface area contributed by atoms with Gasteiger partial charge in [-0.15, -0.1) is 0 Å². The number of aryl methyl sites for hydroxylation is 2. The second kappa shape index (κ2) is 4.88. The molecule has 4 heteroatoms. The van der Waals surface area contributed by atoms with Gasteiger partial charge in [0.15, 0.2) is 0 Å². The van der Waals surface area contributed by atoms with Gasteiger partial charge in [-0.1, -0.05) is 6.07 Å². The van der Waals surface area contributed by atoms with Crippen molar-refractivity contribution in [1.82, 2.24) is 4.57 Å². The van der Waals surface area contributed by atoms with Crippen LogP contribution in [0.3, 0.4) is 0 Å². The van der Waals surface area contributed by atoms with Crippen LogP contribution in [-0.2, 0) is 7.05 Å². The topological polar surface area (TPSA) is 34.0 Å². The standard InChI is InChI=1S/C15H17FN2O/c1-9-5-6-12(16)8-14(9)17-15(19)13-7-10(2)18(4)11(13)3/h5-8H,1-4H3,(H,17,19). The van der Waals surface area contributed by atoms with Crippen LogP contribution in [0.2, 0.25) is 0 Å². The Bertz CT molecular complexity index is 644. The van der Waals surface area contributed by atoms with Gasteiger partial charge in [-0.05, 0) is 44.5 Å². The molecule has 1 aromatic carbocycles. The molecule has 3 nitrogen and oxygen atoms in total. The first-order chi connectivity index (χ1) is 8.90. The van der Waals surface area contributed by atoms with Crippen LogP contribution >= 0.6 is 0 Å². The summed E-state index contributed by atoms with van der Waals surface area (Å²) in [6, 6.07) is 6.19. The average molecular weight is 260 g/mol. The number of benzene rings is 1. The Balaban J connectivity index is 2.30. The highest BCUT2D eigenvalue weighted by molar-refractivity contribution is 6.05. The Morgan fingerprint density at radius 1 is 1.21 bits per heavy atom. The van der Waals surface area contributed by atoms with E-state index in [-0.39, 0.29) is 11.7 Å². The molecule has 0 saturated heterocycles. The summed E-state index contributed by atoms with van der Waals surface area (Å²) in [6.07, 6.45) is 0. The van der Waals surface area contributed by atoms with Crippen molar-refractivity contribution in [3.63, 3.8) is 0 Å². The molecule has 2 aromatic rings. The van der Waals surface area contributed by atoms with Gasteiger partial charge in [0.2, 0.25) is 0 Å². The molecule has 100 valence electrons. The van der Waals surface area contributed by atoms with Gasteiger partial charge < -0.3 is 9.88 Å². The second-order valence-electron chi connectivity index (χ2n) is 4.76. The molecular weight excluding hydrogens is 243 g/mol. The van der Waals surface area contributed by atoms with Crippen molar-refractivity contribution in [2.45, 2.75) is 20.8 Å². The third-order valence-electron chi connectivity index (χ3n) is 3.47. The SMILES string of the molecule is Cc1ccc(F)cc1NC(=O)c1cc(C)n(C)c1C. The normalized spacial score (nSPS) is 10.6. The monoisotopic (exact) mass is 260 g/mol. The number of rotatable bonds is 2. The largest absolute Gasteiger partial charge is 0.351 e. The molecule has 0 atom stereocenters. The van der Waals surface area contributed by atoms with Gasteiger partial charge in [-0.3, -0.25) is 4.79 Å². The van der Waals surface area contributed by atoms with Crippen LogP contribution in [0.5, 0.6) is 0 Å². The minimum atomic E-state index is -0.359. The lowest BCUT2D eigenvalue weighted by atomic mass is 10.1. The minimum absolute atomic E-state index is 0.213. The van der Waals surface area contributed by atoms with Crippen LogP contribution in [0.4, 0.5) is 10.1 Å². The highest BCUT2D eigenvalue weighted by Gasteiger charge is 2.15. The summed E-state index contributed by atoms with van der Waals surface area (Å²) in [5.41, 5.74) is 3.86. The van der Waals surface area contributed by atoms with Gasteiger partial charge in [0, 0.05) is 24.1 Å². The first-order valence-electron chi connectivity index (χ1n) is 6.10. The third-order valence-corrected chi connectivity index (χ3v) is 3.47. The summed E-state index contributed by atoms with van der Waals surface area (Å²) in [5, 5.41) is 2.76. The highest BCUT2D eigenvalue weighted by Crippen LogP contribution is 2.19. The Kier molecular flexibility index (Phi) is 3.42. The Morgan fingerprint density at radius 3 is 2.47 bits per heavy atom. The van der Waals surface area contributed by atoms with Gasteiger partial charge in [-0.25, -0.2) is 4.39 Å². The number of aromatic nitrogens is 1. The molecule has 0 spiro atoms. The summed E-state index contributed by atoms with van der Waals surface area (Å²) in [6.45, 7) is 5.66. The van der Waals surface area contributed by atoms with Gasteiger partial charge in [0.25, 0.3) is 5.91 Å². The van der Waals surface area contributed by atoms with E-state index in [1.54, 1.807) is 6.07 Å². The summed E-state index contributed by atoms with van der Waals surface area (Å²) in [4.78, 5) is 12.2. The predicted octanol–water partition coefficient (Wildman–Crippen LogP) is 3.34. The van der Waals surface area contributed by atoms with Crippen LogP contribution in [0, 0.1) is 26.6 Å². The van der Waals surface area contributed by atoms with Crippen LogP contribution in [0.15, 0.2) is 24.3 Å². The molecule has 1 heterocycles. The number of carbonyl (C=O) groups is 1. The first-order valence-corrected chi connectivity index (χ1v) is 6.10. The number of hydrogen-bond donors (Lipinski definition) is 1. The van der Waals surface area contributed by atoms with Crippen LogP contribution in [0.1, 0.15) is 27.3 Å². The van der Waals surface area contributed by atoms with E-state index in [4.69, 9.17) is 0 Å². The smallest absolute Gasteiger partial charge is 0.257 e. The predicted molar refractivity (Wildman–Crippen MR) is 74.0 cm³/mol. The van der Waals surface area contributed by atoms with E-state index >= 15 is 0 Å². The summed E-state index contributed by atoms with van der Waals surface area (Å²) in [7, 11) is 1.91. The zero-order chi connectivity index (χ0) is 14.2. The lowest BCUT2D eigenvalue weighted by Crippen LogP contribution is -2.14. The van der Waals surface area contributed by atoms with E-state index in [0.717, 1.165) is 17.0 Å². The Hall–Kier alpha value is -2.10. The minimum Gasteiger partial charge on any atom is -0.351 e. The molecular formula is C15H17FN2O. The molecule has 2 rings (SSSR count). The second-order valence-corrected chi connectivity index (χ2v) is 4.76. The molecule has 0 aliphatic rings. The van der Waals surface area contributed by atoms with Gasteiger partial charge in [0.1, 0.15) is 5.82 Å². The maximum absolute atomic E-state index is 13.2. The van der Waals surface area contributed by atoms with Gasteiger partial charge in [-0.2, -0.15) is 0 Å². The molecule has 19 heavy (non-hydrogen) atoms. The molecule has 0 bridgehead atoms. The average Bonchev–Trinajstić information content (AvgIpc) is 2.62. The molecule has 0 aliphatic heterocycles. The van der Waals surface area contributed by atoms with Crippen molar-refractivity contribution in [2.24, 2.45) is 7.05 Å². The number of amides is 1. The van der Waals surface area contributed by atoms with Crippen LogP contribution < -0.4 is 5.32 Å². The Labute approximate surface area is 112 Å². The van der Waals surface area contributed by atoms with E-state index in [9.17, 15) is 9.18 Å². The molecule has 1 N–H and O–H groups in total. The maximum atomic E-state index is 13.2. The maximum Gasteiger partial charge on any atom is 0.257 e. The molecule has 0 saturated carbocycles. The number of nitrogens with zero attached hydrogens (tertiary/aromatic N) is 1. The van der Waals surface area contributed by atoms with Crippen molar-refractivity contribution in [3.05, 3.63) is 52.6 Å². The molecule has 0 unspecified atom stereocenters. The quantitative estimate of drug-likeness (QED) is 0.882. The van der Waals surface area contributed by atoms with Crippen molar-refractivity contribution >= 4 is 11.6 Å². The van der Waals surface area contributed by atoms with Crippen LogP contribution in [-0.4, -0.2) is 10.5 Å². The fourth-order valence-corrected chi connectivity index (χ4v) is 2.00. The van der Waals surface area contributed by atoms with Crippen LogP contribution in [0.25, 0.3) is 0 Å². The summed E-state index contributed by atoms with van der Waals surface area (Å²) >= 11 is 0. The number of carbonyl (C=O) groups excluding carboxylic acids is 1. The van der Waals surface area contributed by atoms with Crippen molar-refractivity contribution in [2.75, 3.05) is 5.32 Å². The lowest BCUT2D eigenvalue weighted by Gasteiger charge is -2.08. The first kappa shape index (κ1) is 13.3. The van der Waals surface area contributed by atoms with Crippen molar-refractivity contribution < 1.29 is 9.18 Å². The van der Waals surface area contributed by atoms with E-state index in [1.165, 1.54) is 12.1 Å². The molecule has 0 radical (unpaired) electrons. The zero-order valence-corrected chi connectivity index (χ0v) is 11.5. The fourth-order valence-electron chi connectivity index (χ4n) is 2.00. The zero-order valence-electron chi connectivity index (χ0n) is 11.5. The van der Waals surface area contributed by atoms with Gasteiger partial charge in [0.05, 0.1) is 5.56 Å². The fraction of sp³-hybridized carbons (Fsp3) is 0.267. The van der Waals surface area contributed by atoms with E-state index < -0.39 is 0 Å². The van der Waals surface area contributed by atoms with E-state index in [0.29, 0.717) is 11.3 Å². The van der Waals surface area contributed by atoms with Gasteiger partial charge >= 0.3 is 0 Å². The van der Waals surface area contributed by atoms with Crippen molar-refractivity contribution in [1.29, 1.82) is 0 Å². The molecule has 1 amide bonds. The summed E-state index contributed by atoms with van der Waals surface area (Å²) < 4.78 is 15.1. The van der Waals surface area contributed by atoms with Crippen molar-refractivity contribution in [3.8, 4) is 0 Å². The number of halogens is 1. The van der Waals surface area contributed by atoms with E-state index in [2.05, 4.69) is 5.32 Å². The Morgan fingerprint density at radius 2 is 1.89 bits per heavy atom. The number of anilines is 1.